The molecule has 0 fully saturated rings. The van der Waals surface area contributed by atoms with Crippen LogP contribution in [-0.4, -0.2) is 25.1 Å². The van der Waals surface area contributed by atoms with Crippen LogP contribution in [0.3, 0.4) is 0 Å². The number of ether oxygens (including phenoxy) is 2. The van der Waals surface area contributed by atoms with E-state index in [-0.39, 0.29) is 12.3 Å². The number of benzene rings is 2. The van der Waals surface area contributed by atoms with Crippen LogP contribution in [0.4, 0.5) is 5.69 Å². The lowest BCUT2D eigenvalue weighted by molar-refractivity contribution is -0.115. The van der Waals surface area contributed by atoms with Crippen LogP contribution in [0.2, 0.25) is 0 Å². The lowest BCUT2D eigenvalue weighted by Gasteiger charge is -2.10. The van der Waals surface area contributed by atoms with E-state index in [1.54, 1.807) is 44.6 Å². The van der Waals surface area contributed by atoms with Gasteiger partial charge in [0.25, 0.3) is 0 Å². The molecule has 0 aliphatic rings. The molecule has 0 radical (unpaired) electrons. The maximum Gasteiger partial charge on any atom is 0.228 e. The summed E-state index contributed by atoms with van der Waals surface area (Å²) in [6, 6.07) is 10.7. The van der Waals surface area contributed by atoms with Crippen molar-refractivity contribution in [3.63, 3.8) is 0 Å². The van der Waals surface area contributed by atoms with Gasteiger partial charge in [-0.15, -0.1) is 0 Å². The third-order valence-electron chi connectivity index (χ3n) is 3.43. The van der Waals surface area contributed by atoms with Gasteiger partial charge in [0.05, 0.1) is 20.6 Å². The van der Waals surface area contributed by atoms with Gasteiger partial charge in [-0.05, 0) is 29.8 Å². The zero-order valence-electron chi connectivity index (χ0n) is 12.8. The highest BCUT2D eigenvalue weighted by Gasteiger charge is 2.09. The molecule has 0 saturated heterocycles. The Labute approximate surface area is 133 Å². The summed E-state index contributed by atoms with van der Waals surface area (Å²) in [6.45, 7) is 0. The van der Waals surface area contributed by atoms with Crippen LogP contribution in [0.1, 0.15) is 5.56 Å². The highest BCUT2D eigenvalue weighted by atomic mass is 16.5. The van der Waals surface area contributed by atoms with Crippen LogP contribution in [0, 0.1) is 0 Å². The SMILES string of the molecule is COc1ccc(CC(=O)Nc2ccc3ncoc3c2)cc1OC. The van der Waals surface area contributed by atoms with Crippen LogP contribution in [-0.2, 0) is 11.2 Å². The normalized spacial score (nSPS) is 10.5. The zero-order chi connectivity index (χ0) is 16.2. The van der Waals surface area contributed by atoms with Crippen molar-refractivity contribution < 1.29 is 18.7 Å². The van der Waals surface area contributed by atoms with Crippen molar-refractivity contribution in [1.82, 2.24) is 4.98 Å². The largest absolute Gasteiger partial charge is 0.493 e. The lowest BCUT2D eigenvalue weighted by atomic mass is 10.1. The van der Waals surface area contributed by atoms with Gasteiger partial charge < -0.3 is 19.2 Å². The van der Waals surface area contributed by atoms with E-state index >= 15 is 0 Å². The summed E-state index contributed by atoms with van der Waals surface area (Å²) in [6.07, 6.45) is 1.61. The molecule has 0 unspecified atom stereocenters. The van der Waals surface area contributed by atoms with Gasteiger partial charge in [0, 0.05) is 11.8 Å². The van der Waals surface area contributed by atoms with Gasteiger partial charge in [-0.1, -0.05) is 6.07 Å². The number of carbonyl (C=O) groups is 1. The average molecular weight is 312 g/mol. The summed E-state index contributed by atoms with van der Waals surface area (Å²) in [5, 5.41) is 2.84. The number of methoxy groups -OCH3 is 2. The quantitative estimate of drug-likeness (QED) is 0.784. The van der Waals surface area contributed by atoms with Crippen molar-refractivity contribution in [2.45, 2.75) is 6.42 Å². The number of rotatable bonds is 5. The number of carbonyl (C=O) groups excluding carboxylic acids is 1. The molecule has 6 nitrogen and oxygen atoms in total. The van der Waals surface area contributed by atoms with Gasteiger partial charge in [-0.25, -0.2) is 4.98 Å². The summed E-state index contributed by atoms with van der Waals surface area (Å²) in [5.74, 6) is 1.10. The predicted molar refractivity (Wildman–Crippen MR) is 85.9 cm³/mol. The zero-order valence-corrected chi connectivity index (χ0v) is 12.8. The second-order valence-corrected chi connectivity index (χ2v) is 4.95. The average Bonchev–Trinajstić information content (AvgIpc) is 3.02. The third-order valence-corrected chi connectivity index (χ3v) is 3.43. The fourth-order valence-corrected chi connectivity index (χ4v) is 2.31. The molecule has 6 heteroatoms. The van der Waals surface area contributed by atoms with Gasteiger partial charge in [0.2, 0.25) is 5.91 Å². The minimum atomic E-state index is -0.129. The van der Waals surface area contributed by atoms with Gasteiger partial charge >= 0.3 is 0 Å². The third kappa shape index (κ3) is 3.26. The number of hydrogen-bond donors (Lipinski definition) is 1. The fourth-order valence-electron chi connectivity index (χ4n) is 2.31. The van der Waals surface area contributed by atoms with E-state index in [4.69, 9.17) is 13.9 Å². The minimum absolute atomic E-state index is 0.129. The predicted octanol–water partition coefficient (Wildman–Crippen LogP) is 3.03. The van der Waals surface area contributed by atoms with Crippen molar-refractivity contribution in [3.8, 4) is 11.5 Å². The first-order chi connectivity index (χ1) is 11.2. The van der Waals surface area contributed by atoms with Gasteiger partial charge in [-0.3, -0.25) is 4.79 Å². The summed E-state index contributed by atoms with van der Waals surface area (Å²) in [5.41, 5.74) is 2.89. The van der Waals surface area contributed by atoms with E-state index in [2.05, 4.69) is 10.3 Å². The maximum atomic E-state index is 12.2. The van der Waals surface area contributed by atoms with Crippen LogP contribution in [0.25, 0.3) is 11.1 Å². The van der Waals surface area contributed by atoms with E-state index in [0.717, 1.165) is 11.1 Å². The molecule has 0 aliphatic heterocycles. The molecule has 1 N–H and O–H groups in total. The highest BCUT2D eigenvalue weighted by molar-refractivity contribution is 5.94. The Morgan fingerprint density at radius 3 is 2.74 bits per heavy atom. The number of amides is 1. The van der Waals surface area contributed by atoms with Gasteiger partial charge in [0.15, 0.2) is 23.5 Å². The first-order valence-electron chi connectivity index (χ1n) is 7.03. The van der Waals surface area contributed by atoms with Gasteiger partial charge in [-0.2, -0.15) is 0 Å². The second-order valence-electron chi connectivity index (χ2n) is 4.95. The first kappa shape index (κ1) is 14.9. The molecule has 23 heavy (non-hydrogen) atoms. The molecule has 0 spiro atoms. The number of fused-ring (bicyclic) bond motifs is 1. The van der Waals surface area contributed by atoms with Crippen LogP contribution in [0.15, 0.2) is 47.2 Å². The molecule has 0 bridgehead atoms. The molecular formula is C17H16N2O4. The lowest BCUT2D eigenvalue weighted by Crippen LogP contribution is -2.14. The Morgan fingerprint density at radius 1 is 1.13 bits per heavy atom. The molecule has 118 valence electrons. The second kappa shape index (κ2) is 6.39. The number of nitrogens with zero attached hydrogens (tertiary/aromatic N) is 1. The summed E-state index contributed by atoms with van der Waals surface area (Å²) < 4.78 is 15.6. The van der Waals surface area contributed by atoms with E-state index in [1.807, 2.05) is 6.07 Å². The van der Waals surface area contributed by atoms with Crippen LogP contribution >= 0.6 is 0 Å². The monoisotopic (exact) mass is 312 g/mol. The molecule has 0 saturated carbocycles. The molecule has 2 aromatic carbocycles. The number of nitrogens with one attached hydrogen (secondary N) is 1. The Morgan fingerprint density at radius 2 is 1.96 bits per heavy atom. The maximum absolute atomic E-state index is 12.2. The molecule has 1 aromatic heterocycles. The van der Waals surface area contributed by atoms with Gasteiger partial charge in [0.1, 0.15) is 5.52 Å². The molecular weight excluding hydrogens is 296 g/mol. The number of anilines is 1. The van der Waals surface area contributed by atoms with Crippen LogP contribution < -0.4 is 14.8 Å². The van der Waals surface area contributed by atoms with E-state index in [0.29, 0.717) is 22.8 Å². The summed E-state index contributed by atoms with van der Waals surface area (Å²) in [7, 11) is 3.14. The minimum Gasteiger partial charge on any atom is -0.493 e. The van der Waals surface area contributed by atoms with Crippen molar-refractivity contribution in [2.75, 3.05) is 19.5 Å². The topological polar surface area (TPSA) is 73.6 Å². The Hall–Kier alpha value is -3.02. The van der Waals surface area contributed by atoms with E-state index < -0.39 is 0 Å². The molecule has 3 aromatic rings. The summed E-state index contributed by atoms with van der Waals surface area (Å²) >= 11 is 0. The van der Waals surface area contributed by atoms with Crippen molar-refractivity contribution in [1.29, 1.82) is 0 Å². The summed E-state index contributed by atoms with van der Waals surface area (Å²) in [4.78, 5) is 16.2. The molecule has 0 atom stereocenters. The van der Waals surface area contributed by atoms with Crippen molar-refractivity contribution in [2.24, 2.45) is 0 Å². The smallest absolute Gasteiger partial charge is 0.228 e. The fraction of sp³-hybridized carbons (Fsp3) is 0.176. The molecule has 1 amide bonds. The Bertz CT molecular complexity index is 841. The Kier molecular flexibility index (Phi) is 4.14. The highest BCUT2D eigenvalue weighted by Crippen LogP contribution is 2.27. The van der Waals surface area contributed by atoms with Crippen molar-refractivity contribution >= 4 is 22.7 Å². The molecule has 1 heterocycles. The number of aromatic nitrogens is 1. The number of hydrogen-bond acceptors (Lipinski definition) is 5. The first-order valence-corrected chi connectivity index (χ1v) is 7.03. The molecule has 0 aliphatic carbocycles. The van der Waals surface area contributed by atoms with Crippen LogP contribution in [0.5, 0.6) is 11.5 Å². The standard InChI is InChI=1S/C17H16N2O4/c1-21-14-6-3-11(7-16(14)22-2)8-17(20)19-12-4-5-13-15(9-12)23-10-18-13/h3-7,9-10H,8H2,1-2H3,(H,19,20). The van der Waals surface area contributed by atoms with E-state index in [1.165, 1.54) is 6.39 Å². The van der Waals surface area contributed by atoms with Crippen molar-refractivity contribution in [3.05, 3.63) is 48.4 Å². The van der Waals surface area contributed by atoms with E-state index in [9.17, 15) is 4.79 Å². The number of oxazole rings is 1. The Balaban J connectivity index is 1.71. The molecule has 3 rings (SSSR count).